The Morgan fingerprint density at radius 1 is 1.50 bits per heavy atom. The predicted molar refractivity (Wildman–Crippen MR) is 61.7 cm³/mol. The monoisotopic (exact) mass is 254 g/mol. The summed E-state index contributed by atoms with van der Waals surface area (Å²) in [5, 5.41) is 10.9. The largest absolute Gasteiger partial charge is 0.480 e. The van der Waals surface area contributed by atoms with E-state index in [1.165, 1.54) is 0 Å². The van der Waals surface area contributed by atoms with Crippen molar-refractivity contribution in [2.45, 2.75) is 32.2 Å². The molecule has 96 valence electrons. The second-order valence-electron chi connectivity index (χ2n) is 3.10. The lowest BCUT2D eigenvalue weighted by Gasteiger charge is -2.13. The molecule has 0 aromatic carbocycles. The number of unbranched alkanes of at least 4 members (excludes halogenated alkanes) is 1. The number of carbonyl (C=O) groups is 2. The van der Waals surface area contributed by atoms with Crippen LogP contribution in [0.4, 0.5) is 4.79 Å². The van der Waals surface area contributed by atoms with E-state index in [2.05, 4.69) is 5.32 Å². The minimum absolute atomic E-state index is 0. The van der Waals surface area contributed by atoms with Gasteiger partial charge in [0.15, 0.2) is 0 Å². The lowest BCUT2D eigenvalue weighted by molar-refractivity contribution is -0.139. The molecule has 0 aromatic rings. The highest BCUT2D eigenvalue weighted by atomic mass is 35.5. The summed E-state index contributed by atoms with van der Waals surface area (Å²) in [6, 6.07) is -0.968. The average Bonchev–Trinajstić information content (AvgIpc) is 2.17. The van der Waals surface area contributed by atoms with Crippen molar-refractivity contribution in [2.24, 2.45) is 5.73 Å². The maximum atomic E-state index is 11.1. The number of hydrogen-bond acceptors (Lipinski definition) is 4. The van der Waals surface area contributed by atoms with Crippen molar-refractivity contribution in [3.63, 3.8) is 0 Å². The van der Waals surface area contributed by atoms with Gasteiger partial charge in [-0.05, 0) is 19.4 Å². The third kappa shape index (κ3) is 8.31. The van der Waals surface area contributed by atoms with Crippen LogP contribution in [0.1, 0.15) is 26.2 Å². The van der Waals surface area contributed by atoms with Gasteiger partial charge in [0, 0.05) is 0 Å². The Morgan fingerprint density at radius 2 is 2.12 bits per heavy atom. The fourth-order valence-corrected chi connectivity index (χ4v) is 0.917. The maximum absolute atomic E-state index is 11.1. The number of halogens is 1. The molecule has 0 aromatic heterocycles. The van der Waals surface area contributed by atoms with Crippen LogP contribution in [-0.2, 0) is 9.53 Å². The lowest BCUT2D eigenvalue weighted by atomic mass is 10.2. The molecule has 7 heteroatoms. The number of carboxylic acid groups (broad SMARTS) is 1. The van der Waals surface area contributed by atoms with Gasteiger partial charge < -0.3 is 20.9 Å². The van der Waals surface area contributed by atoms with Crippen molar-refractivity contribution in [3.8, 4) is 0 Å². The van der Waals surface area contributed by atoms with Gasteiger partial charge in [0.2, 0.25) is 0 Å². The molecule has 0 rings (SSSR count). The molecule has 0 aliphatic heterocycles. The van der Waals surface area contributed by atoms with Gasteiger partial charge in [-0.25, -0.2) is 9.59 Å². The molecule has 4 N–H and O–H groups in total. The van der Waals surface area contributed by atoms with Gasteiger partial charge >= 0.3 is 12.1 Å². The van der Waals surface area contributed by atoms with E-state index in [-0.39, 0.29) is 25.4 Å². The van der Waals surface area contributed by atoms with Crippen LogP contribution in [0.5, 0.6) is 0 Å². The molecule has 0 saturated heterocycles. The first kappa shape index (κ1) is 17.4. The zero-order valence-corrected chi connectivity index (χ0v) is 10.1. The van der Waals surface area contributed by atoms with Gasteiger partial charge in [-0.15, -0.1) is 12.4 Å². The van der Waals surface area contributed by atoms with Crippen LogP contribution >= 0.6 is 12.4 Å². The van der Waals surface area contributed by atoms with Crippen molar-refractivity contribution in [2.75, 3.05) is 13.2 Å². The number of aliphatic carboxylic acids is 1. The zero-order chi connectivity index (χ0) is 11.7. The Bertz CT molecular complexity index is 214. The molecular weight excluding hydrogens is 236 g/mol. The third-order valence-corrected chi connectivity index (χ3v) is 1.78. The molecule has 0 fully saturated rings. The summed E-state index contributed by atoms with van der Waals surface area (Å²) < 4.78 is 4.76. The second kappa shape index (κ2) is 10.5. The molecule has 0 unspecified atom stereocenters. The van der Waals surface area contributed by atoms with Crippen LogP contribution in [0.15, 0.2) is 0 Å². The standard InChI is InChI=1S/C9H18N2O4.ClH/c1-2-3-6-15-9(14)11-7(4-5-10)8(12)13;/h7H,2-6,10H2,1H3,(H,11,14)(H,12,13);1H/t7-;/m1./s1. The van der Waals surface area contributed by atoms with E-state index >= 15 is 0 Å². The first-order chi connectivity index (χ1) is 7.11. The third-order valence-electron chi connectivity index (χ3n) is 1.78. The second-order valence-corrected chi connectivity index (χ2v) is 3.10. The van der Waals surface area contributed by atoms with Crippen molar-refractivity contribution in [1.82, 2.24) is 5.32 Å². The molecule has 0 saturated carbocycles. The van der Waals surface area contributed by atoms with Gasteiger partial charge in [-0.3, -0.25) is 0 Å². The van der Waals surface area contributed by atoms with Crippen LogP contribution in [0, 0.1) is 0 Å². The van der Waals surface area contributed by atoms with Gasteiger partial charge in [-0.1, -0.05) is 13.3 Å². The minimum Gasteiger partial charge on any atom is -0.480 e. The molecule has 1 atom stereocenters. The quantitative estimate of drug-likeness (QED) is 0.582. The number of amides is 1. The molecule has 0 heterocycles. The van der Waals surface area contributed by atoms with Crippen LogP contribution in [-0.4, -0.2) is 36.4 Å². The highest BCUT2D eigenvalue weighted by molar-refractivity contribution is 5.85. The first-order valence-corrected chi connectivity index (χ1v) is 4.98. The van der Waals surface area contributed by atoms with Crippen LogP contribution in [0.25, 0.3) is 0 Å². The van der Waals surface area contributed by atoms with E-state index in [4.69, 9.17) is 15.6 Å². The topological polar surface area (TPSA) is 102 Å². The predicted octanol–water partition coefficient (Wildman–Crippen LogP) is 0.737. The van der Waals surface area contributed by atoms with E-state index in [1.54, 1.807) is 0 Å². The number of hydrogen-bond donors (Lipinski definition) is 3. The zero-order valence-electron chi connectivity index (χ0n) is 9.27. The first-order valence-electron chi connectivity index (χ1n) is 4.98. The number of rotatable bonds is 7. The van der Waals surface area contributed by atoms with Crippen LogP contribution < -0.4 is 11.1 Å². The molecule has 0 bridgehead atoms. The summed E-state index contributed by atoms with van der Waals surface area (Å²) in [5.74, 6) is -1.10. The number of nitrogens with one attached hydrogen (secondary N) is 1. The maximum Gasteiger partial charge on any atom is 0.407 e. The van der Waals surface area contributed by atoms with Gasteiger partial charge in [0.25, 0.3) is 0 Å². The van der Waals surface area contributed by atoms with E-state index in [9.17, 15) is 9.59 Å². The molecule has 1 amide bonds. The van der Waals surface area contributed by atoms with Crippen LogP contribution in [0.2, 0.25) is 0 Å². The van der Waals surface area contributed by atoms with Crippen LogP contribution in [0.3, 0.4) is 0 Å². The van der Waals surface area contributed by atoms with E-state index < -0.39 is 18.1 Å². The number of carbonyl (C=O) groups excluding carboxylic acids is 1. The molecule has 0 aliphatic carbocycles. The Balaban J connectivity index is 0. The highest BCUT2D eigenvalue weighted by Gasteiger charge is 2.19. The van der Waals surface area contributed by atoms with Crippen molar-refractivity contribution >= 4 is 24.5 Å². The van der Waals surface area contributed by atoms with Crippen molar-refractivity contribution < 1.29 is 19.4 Å². The molecule has 6 nitrogen and oxygen atoms in total. The lowest BCUT2D eigenvalue weighted by Crippen LogP contribution is -2.42. The van der Waals surface area contributed by atoms with Crippen molar-refractivity contribution in [1.29, 1.82) is 0 Å². The summed E-state index contributed by atoms with van der Waals surface area (Å²) in [6.07, 6.45) is 1.17. The number of carboxylic acids is 1. The summed E-state index contributed by atoms with van der Waals surface area (Å²) in [5.41, 5.74) is 5.21. The fraction of sp³-hybridized carbons (Fsp3) is 0.778. The Labute approximate surface area is 101 Å². The number of alkyl carbamates (subject to hydrolysis) is 1. The van der Waals surface area contributed by atoms with Gasteiger partial charge in [0.05, 0.1) is 6.61 Å². The molecule has 16 heavy (non-hydrogen) atoms. The molecule has 0 aliphatic rings. The Morgan fingerprint density at radius 3 is 2.56 bits per heavy atom. The van der Waals surface area contributed by atoms with Gasteiger partial charge in [-0.2, -0.15) is 0 Å². The molecular formula is C9H19ClN2O4. The summed E-state index contributed by atoms with van der Waals surface area (Å²) in [6.45, 7) is 2.47. The van der Waals surface area contributed by atoms with Crippen molar-refractivity contribution in [3.05, 3.63) is 0 Å². The van der Waals surface area contributed by atoms with E-state index in [0.717, 1.165) is 12.8 Å². The number of nitrogens with two attached hydrogens (primary N) is 1. The average molecular weight is 255 g/mol. The normalized spacial score (nSPS) is 11.1. The summed E-state index contributed by atoms with van der Waals surface area (Å²) in [7, 11) is 0. The summed E-state index contributed by atoms with van der Waals surface area (Å²) in [4.78, 5) is 21.7. The van der Waals surface area contributed by atoms with E-state index in [1.807, 2.05) is 6.92 Å². The smallest absolute Gasteiger partial charge is 0.407 e. The van der Waals surface area contributed by atoms with E-state index in [0.29, 0.717) is 6.61 Å². The van der Waals surface area contributed by atoms with Gasteiger partial charge in [0.1, 0.15) is 6.04 Å². The highest BCUT2D eigenvalue weighted by Crippen LogP contribution is 1.93. The summed E-state index contributed by atoms with van der Waals surface area (Å²) >= 11 is 0. The number of ether oxygens (including phenoxy) is 1. The fourth-order valence-electron chi connectivity index (χ4n) is 0.917. The Kier molecular flexibility index (Phi) is 11.4. The SMILES string of the molecule is CCCCOC(=O)N[C@H](CCN)C(=O)O.Cl. The molecule has 0 spiro atoms. The minimum atomic E-state index is -1.10. The Hall–Kier alpha value is -1.01. The molecule has 0 radical (unpaired) electrons.